The van der Waals surface area contributed by atoms with Crippen LogP contribution in [-0.4, -0.2) is 17.1 Å². The van der Waals surface area contributed by atoms with Gasteiger partial charge >= 0.3 is 0 Å². The first-order chi connectivity index (χ1) is 9.58. The van der Waals surface area contributed by atoms with Gasteiger partial charge in [0.25, 0.3) is 0 Å². The second kappa shape index (κ2) is 6.86. The Morgan fingerprint density at radius 1 is 1.25 bits per heavy atom. The molecule has 1 unspecified atom stereocenters. The number of aromatic nitrogens is 1. The molecule has 0 aliphatic carbocycles. The van der Waals surface area contributed by atoms with Gasteiger partial charge in [0.1, 0.15) is 5.82 Å². The summed E-state index contributed by atoms with van der Waals surface area (Å²) in [4.78, 5) is 8.32. The minimum absolute atomic E-state index is 0.147. The second-order valence-corrected chi connectivity index (χ2v) is 6.50. The molecule has 4 heteroatoms. The third kappa shape index (κ3) is 3.81. The molecule has 0 saturated carbocycles. The summed E-state index contributed by atoms with van der Waals surface area (Å²) in [6, 6.07) is 8.95. The van der Waals surface area contributed by atoms with Crippen molar-refractivity contribution >= 4 is 17.2 Å². The van der Waals surface area contributed by atoms with Crippen molar-refractivity contribution in [3.05, 3.63) is 46.3 Å². The molecule has 0 amide bonds. The van der Waals surface area contributed by atoms with Crippen molar-refractivity contribution in [3.8, 4) is 0 Å². The molecule has 0 aliphatic rings. The van der Waals surface area contributed by atoms with E-state index in [2.05, 4.69) is 47.3 Å². The molecular weight excluding hydrogens is 266 g/mol. The normalized spacial score (nSPS) is 12.7. The Morgan fingerprint density at radius 3 is 2.65 bits per heavy atom. The smallest absolute Gasteiger partial charge is 0.132 e. The van der Waals surface area contributed by atoms with Gasteiger partial charge in [-0.3, -0.25) is 0 Å². The monoisotopic (exact) mass is 289 g/mol. The lowest BCUT2D eigenvalue weighted by Crippen LogP contribution is -2.32. The Labute approximate surface area is 125 Å². The first-order valence-electron chi connectivity index (χ1n) is 7.06. The Kier molecular flexibility index (Phi) is 5.15. The highest BCUT2D eigenvalue weighted by Gasteiger charge is 2.17. The summed E-state index contributed by atoms with van der Waals surface area (Å²) in [6.07, 6.45) is 2.72. The highest BCUT2D eigenvalue weighted by Crippen LogP contribution is 2.24. The molecule has 0 fully saturated rings. The van der Waals surface area contributed by atoms with Crippen LogP contribution in [0.15, 0.2) is 35.8 Å². The van der Waals surface area contributed by atoms with Gasteiger partial charge in [-0.25, -0.2) is 4.98 Å². The molecule has 1 atom stereocenters. The molecule has 2 N–H and O–H groups in total. The Balaban J connectivity index is 2.29. The Morgan fingerprint density at radius 2 is 2.05 bits per heavy atom. The van der Waals surface area contributed by atoms with Crippen LogP contribution in [0.25, 0.3) is 0 Å². The first kappa shape index (κ1) is 15.0. The lowest BCUT2D eigenvalue weighted by atomic mass is 10.1. The topological polar surface area (TPSA) is 42.1 Å². The van der Waals surface area contributed by atoms with Gasteiger partial charge in [-0.2, -0.15) is 0 Å². The van der Waals surface area contributed by atoms with Gasteiger partial charge in [-0.15, -0.1) is 11.3 Å². The van der Waals surface area contributed by atoms with Crippen LogP contribution in [0.3, 0.4) is 0 Å². The maximum absolute atomic E-state index is 5.96. The van der Waals surface area contributed by atoms with Crippen molar-refractivity contribution in [3.63, 3.8) is 0 Å². The molecule has 108 valence electrons. The minimum atomic E-state index is 0.147. The van der Waals surface area contributed by atoms with Crippen molar-refractivity contribution in [2.45, 2.75) is 45.8 Å². The SMILES string of the molecule is CC(N)Cc1cccnc1N(Cc1cccs1)C(C)C. The number of hydrogen-bond donors (Lipinski definition) is 1. The van der Waals surface area contributed by atoms with Gasteiger partial charge in [0.15, 0.2) is 0 Å². The van der Waals surface area contributed by atoms with Crippen LogP contribution >= 0.6 is 11.3 Å². The van der Waals surface area contributed by atoms with Gasteiger partial charge < -0.3 is 10.6 Å². The van der Waals surface area contributed by atoms with E-state index in [1.54, 1.807) is 11.3 Å². The number of pyridine rings is 1. The molecule has 2 aromatic rings. The lowest BCUT2D eigenvalue weighted by Gasteiger charge is -2.29. The molecule has 2 heterocycles. The van der Waals surface area contributed by atoms with E-state index in [9.17, 15) is 0 Å². The van der Waals surface area contributed by atoms with Crippen molar-refractivity contribution in [1.82, 2.24) is 4.98 Å². The molecule has 0 saturated heterocycles. The van der Waals surface area contributed by atoms with Gasteiger partial charge in [0.2, 0.25) is 0 Å². The fourth-order valence-electron chi connectivity index (χ4n) is 2.27. The Hall–Kier alpha value is -1.39. The van der Waals surface area contributed by atoms with E-state index in [-0.39, 0.29) is 6.04 Å². The molecular formula is C16H23N3S. The summed E-state index contributed by atoms with van der Waals surface area (Å²) in [7, 11) is 0. The lowest BCUT2D eigenvalue weighted by molar-refractivity contribution is 0.662. The van der Waals surface area contributed by atoms with Crippen molar-refractivity contribution in [1.29, 1.82) is 0 Å². The zero-order valence-electron chi connectivity index (χ0n) is 12.4. The van der Waals surface area contributed by atoms with E-state index < -0.39 is 0 Å². The van der Waals surface area contributed by atoms with Crippen LogP contribution in [0.4, 0.5) is 5.82 Å². The molecule has 3 nitrogen and oxygen atoms in total. The molecule has 0 spiro atoms. The third-order valence-corrected chi connectivity index (χ3v) is 4.07. The average molecular weight is 289 g/mol. The van der Waals surface area contributed by atoms with E-state index in [4.69, 9.17) is 5.73 Å². The zero-order valence-corrected chi connectivity index (χ0v) is 13.2. The molecule has 2 rings (SSSR count). The van der Waals surface area contributed by atoms with E-state index >= 15 is 0 Å². The highest BCUT2D eigenvalue weighted by molar-refractivity contribution is 7.09. The van der Waals surface area contributed by atoms with Crippen LogP contribution in [0.5, 0.6) is 0 Å². The molecule has 0 aromatic carbocycles. The number of hydrogen-bond acceptors (Lipinski definition) is 4. The number of nitrogens with two attached hydrogens (primary N) is 1. The maximum Gasteiger partial charge on any atom is 0.132 e. The maximum atomic E-state index is 5.96. The zero-order chi connectivity index (χ0) is 14.5. The van der Waals surface area contributed by atoms with Gasteiger partial charge in [0, 0.05) is 23.2 Å². The van der Waals surface area contributed by atoms with E-state index in [1.165, 1.54) is 10.4 Å². The standard InChI is InChI=1S/C16H23N3S/c1-12(2)19(11-15-7-5-9-20-15)16-14(10-13(3)17)6-4-8-18-16/h4-9,12-13H,10-11,17H2,1-3H3. The largest absolute Gasteiger partial charge is 0.349 e. The summed E-state index contributed by atoms with van der Waals surface area (Å²) < 4.78 is 0. The number of nitrogens with zero attached hydrogens (tertiary/aromatic N) is 2. The molecule has 0 bridgehead atoms. The van der Waals surface area contributed by atoms with Crippen LogP contribution in [0.2, 0.25) is 0 Å². The fourth-order valence-corrected chi connectivity index (χ4v) is 2.97. The van der Waals surface area contributed by atoms with Crippen LogP contribution < -0.4 is 10.6 Å². The van der Waals surface area contributed by atoms with E-state index in [1.807, 2.05) is 19.2 Å². The Bertz CT molecular complexity index is 520. The number of anilines is 1. The number of rotatable bonds is 6. The predicted molar refractivity (Wildman–Crippen MR) is 87.2 cm³/mol. The molecule has 20 heavy (non-hydrogen) atoms. The summed E-state index contributed by atoms with van der Waals surface area (Å²) in [5, 5.41) is 2.12. The molecule has 0 aliphatic heterocycles. The third-order valence-electron chi connectivity index (χ3n) is 3.21. The summed E-state index contributed by atoms with van der Waals surface area (Å²) in [5.41, 5.74) is 7.19. The van der Waals surface area contributed by atoms with Gasteiger partial charge in [0.05, 0.1) is 6.54 Å². The fraction of sp³-hybridized carbons (Fsp3) is 0.438. The minimum Gasteiger partial charge on any atom is -0.349 e. The average Bonchev–Trinajstić information content (AvgIpc) is 2.89. The number of thiophene rings is 1. The van der Waals surface area contributed by atoms with Crippen molar-refractivity contribution < 1.29 is 0 Å². The van der Waals surface area contributed by atoms with Gasteiger partial charge in [-0.1, -0.05) is 12.1 Å². The second-order valence-electron chi connectivity index (χ2n) is 5.47. The molecule has 0 radical (unpaired) electrons. The van der Waals surface area contributed by atoms with Crippen LogP contribution in [0, 0.1) is 0 Å². The van der Waals surface area contributed by atoms with Crippen molar-refractivity contribution in [2.24, 2.45) is 5.73 Å². The first-order valence-corrected chi connectivity index (χ1v) is 7.94. The summed E-state index contributed by atoms with van der Waals surface area (Å²) >= 11 is 1.79. The van der Waals surface area contributed by atoms with E-state index in [0.29, 0.717) is 6.04 Å². The van der Waals surface area contributed by atoms with Crippen molar-refractivity contribution in [2.75, 3.05) is 4.90 Å². The quantitative estimate of drug-likeness (QED) is 0.885. The highest BCUT2D eigenvalue weighted by atomic mass is 32.1. The van der Waals surface area contributed by atoms with Crippen LogP contribution in [-0.2, 0) is 13.0 Å². The molecule has 2 aromatic heterocycles. The van der Waals surface area contributed by atoms with E-state index in [0.717, 1.165) is 18.8 Å². The summed E-state index contributed by atoms with van der Waals surface area (Å²) in [5.74, 6) is 1.06. The van der Waals surface area contributed by atoms with Crippen LogP contribution in [0.1, 0.15) is 31.2 Å². The predicted octanol–water partition coefficient (Wildman–Crippen LogP) is 3.45. The summed E-state index contributed by atoms with van der Waals surface area (Å²) in [6.45, 7) is 7.35. The van der Waals surface area contributed by atoms with Gasteiger partial charge in [-0.05, 0) is 50.3 Å².